The summed E-state index contributed by atoms with van der Waals surface area (Å²) < 4.78 is 1.52. The zero-order valence-electron chi connectivity index (χ0n) is 9.92. The lowest BCUT2D eigenvalue weighted by Crippen LogP contribution is -2.19. The second kappa shape index (κ2) is 5.72. The van der Waals surface area contributed by atoms with E-state index >= 15 is 0 Å². The number of aromatic hydroxyl groups is 1. The molecule has 1 N–H and O–H groups in total. The predicted octanol–water partition coefficient (Wildman–Crippen LogP) is 4.15. The highest BCUT2D eigenvalue weighted by molar-refractivity contribution is 9.11. The number of hydrogen-bond acceptors (Lipinski definition) is 2. The lowest BCUT2D eigenvalue weighted by Gasteiger charge is -2.16. The van der Waals surface area contributed by atoms with Crippen molar-refractivity contribution in [2.24, 2.45) is 5.92 Å². The molecule has 0 radical (unpaired) electrons. The molecule has 2 nitrogen and oxygen atoms in total. The van der Waals surface area contributed by atoms with Gasteiger partial charge in [-0.05, 0) is 68.4 Å². The summed E-state index contributed by atoms with van der Waals surface area (Å²) in [6, 6.07) is 4.00. The van der Waals surface area contributed by atoms with Crippen LogP contribution in [0.5, 0.6) is 5.75 Å². The van der Waals surface area contributed by atoms with Crippen LogP contribution in [0.1, 0.15) is 25.3 Å². The van der Waals surface area contributed by atoms with Gasteiger partial charge in [-0.15, -0.1) is 0 Å². The first-order chi connectivity index (χ1) is 8.10. The smallest absolute Gasteiger partial charge is 0.143 e. The Kier molecular flexibility index (Phi) is 4.50. The van der Waals surface area contributed by atoms with Gasteiger partial charge in [-0.2, -0.15) is 0 Å². The lowest BCUT2D eigenvalue weighted by molar-refractivity contribution is 0.315. The number of phenols is 1. The maximum atomic E-state index is 9.66. The molecule has 1 fully saturated rings. The summed E-state index contributed by atoms with van der Waals surface area (Å²) >= 11 is 6.75. The van der Waals surface area contributed by atoms with Crippen LogP contribution in [0.25, 0.3) is 0 Å². The number of phenolic OH excluding ortho intramolecular Hbond substituents is 1. The SMILES string of the molecule is CCC1CCN(Cc2cc(Br)c(O)c(Br)c2)C1. The Morgan fingerprint density at radius 3 is 2.53 bits per heavy atom. The summed E-state index contributed by atoms with van der Waals surface area (Å²) in [4.78, 5) is 2.49. The van der Waals surface area contributed by atoms with Crippen LogP contribution in [0.3, 0.4) is 0 Å². The first-order valence-corrected chi connectivity index (χ1v) is 7.58. The van der Waals surface area contributed by atoms with Crippen LogP contribution >= 0.6 is 31.9 Å². The van der Waals surface area contributed by atoms with Crippen LogP contribution in [0.15, 0.2) is 21.1 Å². The van der Waals surface area contributed by atoms with Crippen molar-refractivity contribution in [2.75, 3.05) is 13.1 Å². The van der Waals surface area contributed by atoms with Crippen molar-refractivity contribution in [3.63, 3.8) is 0 Å². The Bertz CT molecular complexity index is 385. The monoisotopic (exact) mass is 361 g/mol. The van der Waals surface area contributed by atoms with E-state index in [0.29, 0.717) is 0 Å². The molecule has 0 aliphatic carbocycles. The average molecular weight is 363 g/mol. The summed E-state index contributed by atoms with van der Waals surface area (Å²) in [5, 5.41) is 9.66. The second-order valence-corrected chi connectivity index (χ2v) is 6.41. The molecule has 0 bridgehead atoms. The van der Waals surface area contributed by atoms with E-state index in [-0.39, 0.29) is 5.75 Å². The minimum absolute atomic E-state index is 0.279. The van der Waals surface area contributed by atoms with Gasteiger partial charge in [0.25, 0.3) is 0 Å². The zero-order valence-corrected chi connectivity index (χ0v) is 13.1. The average Bonchev–Trinajstić information content (AvgIpc) is 2.73. The maximum Gasteiger partial charge on any atom is 0.143 e. The molecule has 1 atom stereocenters. The summed E-state index contributed by atoms with van der Waals surface area (Å²) in [7, 11) is 0. The van der Waals surface area contributed by atoms with Gasteiger partial charge in [0.05, 0.1) is 8.95 Å². The molecule has 1 aliphatic heterocycles. The van der Waals surface area contributed by atoms with Crippen LogP contribution in [-0.4, -0.2) is 23.1 Å². The molecule has 0 aromatic heterocycles. The van der Waals surface area contributed by atoms with Gasteiger partial charge in [0.1, 0.15) is 5.75 Å². The fraction of sp³-hybridized carbons (Fsp3) is 0.538. The fourth-order valence-electron chi connectivity index (χ4n) is 2.36. The van der Waals surface area contributed by atoms with E-state index in [1.165, 1.54) is 31.5 Å². The number of hydrogen-bond donors (Lipinski definition) is 1. The largest absolute Gasteiger partial charge is 0.506 e. The zero-order chi connectivity index (χ0) is 12.4. The molecule has 17 heavy (non-hydrogen) atoms. The van der Waals surface area contributed by atoms with E-state index in [2.05, 4.69) is 43.7 Å². The van der Waals surface area contributed by atoms with Gasteiger partial charge >= 0.3 is 0 Å². The molecule has 2 rings (SSSR count). The van der Waals surface area contributed by atoms with Gasteiger partial charge in [0.15, 0.2) is 0 Å². The van der Waals surface area contributed by atoms with Crippen molar-refractivity contribution in [3.05, 3.63) is 26.6 Å². The van der Waals surface area contributed by atoms with E-state index in [9.17, 15) is 5.11 Å². The molecule has 1 aromatic carbocycles. The molecule has 0 amide bonds. The lowest BCUT2D eigenvalue weighted by atomic mass is 10.1. The quantitative estimate of drug-likeness (QED) is 0.873. The number of rotatable bonds is 3. The third-order valence-corrected chi connectivity index (χ3v) is 4.64. The van der Waals surface area contributed by atoms with E-state index in [4.69, 9.17) is 0 Å². The molecule has 1 heterocycles. The molecule has 94 valence electrons. The Balaban J connectivity index is 2.04. The van der Waals surface area contributed by atoms with E-state index in [1.54, 1.807) is 0 Å². The van der Waals surface area contributed by atoms with Crippen molar-refractivity contribution in [3.8, 4) is 5.75 Å². The molecule has 0 saturated carbocycles. The summed E-state index contributed by atoms with van der Waals surface area (Å²) in [6.45, 7) is 5.62. The van der Waals surface area contributed by atoms with Crippen LogP contribution in [0.4, 0.5) is 0 Å². The number of halogens is 2. The van der Waals surface area contributed by atoms with Crippen molar-refractivity contribution >= 4 is 31.9 Å². The van der Waals surface area contributed by atoms with E-state index < -0.39 is 0 Å². The van der Waals surface area contributed by atoms with Crippen LogP contribution in [0, 0.1) is 5.92 Å². The summed E-state index contributed by atoms with van der Waals surface area (Å²) in [6.07, 6.45) is 2.59. The van der Waals surface area contributed by atoms with Crippen molar-refractivity contribution in [2.45, 2.75) is 26.3 Å². The van der Waals surface area contributed by atoms with E-state index in [1.807, 2.05) is 12.1 Å². The van der Waals surface area contributed by atoms with Gasteiger partial charge in [-0.1, -0.05) is 13.3 Å². The minimum atomic E-state index is 0.279. The Morgan fingerprint density at radius 2 is 2.00 bits per heavy atom. The van der Waals surface area contributed by atoms with Gasteiger partial charge in [-0.25, -0.2) is 0 Å². The van der Waals surface area contributed by atoms with Gasteiger partial charge in [0, 0.05) is 13.1 Å². The third kappa shape index (κ3) is 3.24. The number of likely N-dealkylation sites (tertiary alicyclic amines) is 1. The van der Waals surface area contributed by atoms with Crippen molar-refractivity contribution in [1.82, 2.24) is 4.90 Å². The van der Waals surface area contributed by atoms with Gasteiger partial charge in [0.2, 0.25) is 0 Å². The first-order valence-electron chi connectivity index (χ1n) is 5.99. The topological polar surface area (TPSA) is 23.5 Å². The third-order valence-electron chi connectivity index (χ3n) is 3.43. The highest BCUT2D eigenvalue weighted by atomic mass is 79.9. The van der Waals surface area contributed by atoms with Gasteiger partial charge in [-0.3, -0.25) is 4.90 Å². The molecular weight excluding hydrogens is 346 g/mol. The van der Waals surface area contributed by atoms with Crippen LogP contribution < -0.4 is 0 Å². The van der Waals surface area contributed by atoms with Crippen LogP contribution in [-0.2, 0) is 6.54 Å². The molecule has 1 aliphatic rings. The van der Waals surface area contributed by atoms with Crippen molar-refractivity contribution < 1.29 is 5.11 Å². The second-order valence-electron chi connectivity index (χ2n) is 4.71. The molecule has 4 heteroatoms. The Morgan fingerprint density at radius 1 is 1.35 bits per heavy atom. The molecule has 0 spiro atoms. The fourth-order valence-corrected chi connectivity index (χ4v) is 3.64. The first kappa shape index (κ1) is 13.4. The Hall–Kier alpha value is -0.0600. The highest BCUT2D eigenvalue weighted by Crippen LogP contribution is 2.34. The Labute approximate surface area is 119 Å². The minimum Gasteiger partial charge on any atom is -0.506 e. The number of nitrogens with zero attached hydrogens (tertiary/aromatic N) is 1. The van der Waals surface area contributed by atoms with Gasteiger partial charge < -0.3 is 5.11 Å². The standard InChI is InChI=1S/C13H17Br2NO/c1-2-9-3-4-16(7-9)8-10-5-11(14)13(17)12(15)6-10/h5-6,9,17H,2-4,7-8H2,1H3. The maximum absolute atomic E-state index is 9.66. The molecule has 1 aromatic rings. The summed E-state index contributed by atoms with van der Waals surface area (Å²) in [5.41, 5.74) is 1.23. The molecule has 1 unspecified atom stereocenters. The van der Waals surface area contributed by atoms with E-state index in [0.717, 1.165) is 21.4 Å². The predicted molar refractivity (Wildman–Crippen MR) is 77.2 cm³/mol. The highest BCUT2D eigenvalue weighted by Gasteiger charge is 2.21. The molecular formula is C13H17Br2NO. The normalized spacial score (nSPS) is 21.0. The molecule has 1 saturated heterocycles. The van der Waals surface area contributed by atoms with Crippen LogP contribution in [0.2, 0.25) is 0 Å². The number of benzene rings is 1. The summed E-state index contributed by atoms with van der Waals surface area (Å²) in [5.74, 6) is 1.14. The van der Waals surface area contributed by atoms with Crippen molar-refractivity contribution in [1.29, 1.82) is 0 Å².